The van der Waals surface area contributed by atoms with E-state index >= 15 is 0 Å². The number of rotatable bonds is 7. The van der Waals surface area contributed by atoms with E-state index in [4.69, 9.17) is 5.73 Å². The summed E-state index contributed by atoms with van der Waals surface area (Å²) in [5, 5.41) is 0. The van der Waals surface area contributed by atoms with Gasteiger partial charge in [0.15, 0.2) is 0 Å². The Bertz CT molecular complexity index is 279. The molecule has 1 aromatic carbocycles. The lowest BCUT2D eigenvalue weighted by atomic mass is 10.1. The Hall–Kier alpha value is -1.02. The molecule has 2 N–H and O–H groups in total. The van der Waals surface area contributed by atoms with E-state index in [-0.39, 0.29) is 0 Å². The third-order valence-corrected chi connectivity index (χ3v) is 2.96. The first kappa shape index (κ1) is 13.0. The molecule has 0 aliphatic carbocycles. The van der Waals surface area contributed by atoms with Gasteiger partial charge >= 0.3 is 0 Å². The summed E-state index contributed by atoms with van der Waals surface area (Å²) in [6.45, 7) is 4.01. The lowest BCUT2D eigenvalue weighted by molar-refractivity contribution is 0.661. The van der Waals surface area contributed by atoms with E-state index in [1.807, 2.05) is 0 Å². The van der Waals surface area contributed by atoms with Crippen LogP contribution in [0.1, 0.15) is 38.2 Å². The summed E-state index contributed by atoms with van der Waals surface area (Å²) in [6, 6.07) is 8.53. The molecule has 0 heterocycles. The Morgan fingerprint density at radius 1 is 1.06 bits per heavy atom. The maximum absolute atomic E-state index is 5.58. The van der Waals surface area contributed by atoms with Crippen molar-refractivity contribution in [3.63, 3.8) is 0 Å². The van der Waals surface area contributed by atoms with Crippen LogP contribution < -0.4 is 10.6 Å². The maximum atomic E-state index is 5.58. The highest BCUT2D eigenvalue weighted by Crippen LogP contribution is 2.14. The van der Waals surface area contributed by atoms with Crippen molar-refractivity contribution in [2.75, 3.05) is 18.5 Å². The molecule has 1 aromatic rings. The smallest absolute Gasteiger partial charge is 0.0363 e. The van der Waals surface area contributed by atoms with E-state index in [0.29, 0.717) is 6.54 Å². The summed E-state index contributed by atoms with van der Waals surface area (Å²) in [4.78, 5) is 2.32. The fraction of sp³-hybridized carbons (Fsp3) is 0.571. The van der Waals surface area contributed by atoms with Crippen LogP contribution in [0, 0.1) is 0 Å². The summed E-state index contributed by atoms with van der Waals surface area (Å²) in [5.41, 5.74) is 8.06. The van der Waals surface area contributed by atoms with Gasteiger partial charge in [0, 0.05) is 25.8 Å². The molecule has 0 aliphatic heterocycles. The van der Waals surface area contributed by atoms with Gasteiger partial charge in [0.2, 0.25) is 0 Å². The number of anilines is 1. The predicted molar refractivity (Wildman–Crippen MR) is 71.7 cm³/mol. The van der Waals surface area contributed by atoms with Crippen LogP contribution in [0.3, 0.4) is 0 Å². The second-order valence-electron chi connectivity index (χ2n) is 4.35. The zero-order chi connectivity index (χ0) is 11.8. The zero-order valence-corrected chi connectivity index (χ0v) is 10.6. The lowest BCUT2D eigenvalue weighted by Gasteiger charge is -2.19. The molecule has 0 spiro atoms. The molecule has 0 aromatic heterocycles. The molecule has 0 fully saturated rings. The number of nitrogens with two attached hydrogens (primary N) is 1. The minimum Gasteiger partial charge on any atom is -0.375 e. The van der Waals surface area contributed by atoms with Crippen molar-refractivity contribution in [3.8, 4) is 0 Å². The van der Waals surface area contributed by atoms with E-state index in [1.165, 1.54) is 36.9 Å². The van der Waals surface area contributed by atoms with Crippen LogP contribution in [-0.2, 0) is 6.54 Å². The third-order valence-electron chi connectivity index (χ3n) is 2.96. The van der Waals surface area contributed by atoms with Crippen LogP contribution in [-0.4, -0.2) is 13.6 Å². The Kier molecular flexibility index (Phi) is 5.94. The van der Waals surface area contributed by atoms with Crippen LogP contribution in [0.5, 0.6) is 0 Å². The van der Waals surface area contributed by atoms with Gasteiger partial charge in [-0.05, 0) is 24.1 Å². The molecule has 16 heavy (non-hydrogen) atoms. The standard InChI is InChI=1S/C14H24N2/c1-3-4-5-6-11-16(2)14-9-7-13(12-15)8-10-14/h7-10H,3-6,11-12,15H2,1-2H3. The van der Waals surface area contributed by atoms with Crippen molar-refractivity contribution in [1.29, 1.82) is 0 Å². The molecular formula is C14H24N2. The second-order valence-corrected chi connectivity index (χ2v) is 4.35. The number of nitrogens with zero attached hydrogens (tertiary/aromatic N) is 1. The summed E-state index contributed by atoms with van der Waals surface area (Å²) in [5.74, 6) is 0. The first-order valence-electron chi connectivity index (χ1n) is 6.28. The maximum Gasteiger partial charge on any atom is 0.0363 e. The Morgan fingerprint density at radius 2 is 1.75 bits per heavy atom. The van der Waals surface area contributed by atoms with Crippen LogP contribution in [0.25, 0.3) is 0 Å². The summed E-state index contributed by atoms with van der Waals surface area (Å²) in [7, 11) is 2.16. The van der Waals surface area contributed by atoms with Crippen LogP contribution in [0.4, 0.5) is 5.69 Å². The topological polar surface area (TPSA) is 29.3 Å². The van der Waals surface area contributed by atoms with Crippen molar-refractivity contribution >= 4 is 5.69 Å². The first-order valence-corrected chi connectivity index (χ1v) is 6.28. The van der Waals surface area contributed by atoms with Crippen molar-refractivity contribution in [2.45, 2.75) is 39.2 Å². The van der Waals surface area contributed by atoms with Crippen molar-refractivity contribution in [2.24, 2.45) is 5.73 Å². The molecule has 2 nitrogen and oxygen atoms in total. The van der Waals surface area contributed by atoms with E-state index < -0.39 is 0 Å². The normalized spacial score (nSPS) is 10.4. The summed E-state index contributed by atoms with van der Waals surface area (Å²) in [6.07, 6.45) is 5.26. The first-order chi connectivity index (χ1) is 7.77. The lowest BCUT2D eigenvalue weighted by Crippen LogP contribution is -2.18. The van der Waals surface area contributed by atoms with Crippen molar-refractivity contribution in [3.05, 3.63) is 29.8 Å². The monoisotopic (exact) mass is 220 g/mol. The van der Waals surface area contributed by atoms with E-state index in [9.17, 15) is 0 Å². The van der Waals surface area contributed by atoms with E-state index in [1.54, 1.807) is 0 Å². The highest BCUT2D eigenvalue weighted by atomic mass is 15.1. The fourth-order valence-corrected chi connectivity index (χ4v) is 1.79. The molecule has 90 valence electrons. The van der Waals surface area contributed by atoms with Gasteiger partial charge in [-0.1, -0.05) is 38.3 Å². The van der Waals surface area contributed by atoms with Gasteiger partial charge in [-0.2, -0.15) is 0 Å². The van der Waals surface area contributed by atoms with Gasteiger partial charge in [0.25, 0.3) is 0 Å². The average molecular weight is 220 g/mol. The number of hydrogen-bond donors (Lipinski definition) is 1. The quantitative estimate of drug-likeness (QED) is 0.715. The van der Waals surface area contributed by atoms with Crippen LogP contribution >= 0.6 is 0 Å². The Morgan fingerprint density at radius 3 is 2.31 bits per heavy atom. The van der Waals surface area contributed by atoms with E-state index in [0.717, 1.165) is 6.54 Å². The molecule has 0 radical (unpaired) electrons. The molecule has 0 bridgehead atoms. The molecule has 0 unspecified atom stereocenters. The fourth-order valence-electron chi connectivity index (χ4n) is 1.79. The molecule has 1 rings (SSSR count). The van der Waals surface area contributed by atoms with Gasteiger partial charge in [0.05, 0.1) is 0 Å². The van der Waals surface area contributed by atoms with Gasteiger partial charge in [-0.3, -0.25) is 0 Å². The predicted octanol–water partition coefficient (Wildman–Crippen LogP) is 3.16. The molecular weight excluding hydrogens is 196 g/mol. The van der Waals surface area contributed by atoms with Gasteiger partial charge in [-0.15, -0.1) is 0 Å². The van der Waals surface area contributed by atoms with Gasteiger partial charge in [0.1, 0.15) is 0 Å². The minimum absolute atomic E-state index is 0.625. The highest BCUT2D eigenvalue weighted by molar-refractivity contribution is 5.46. The van der Waals surface area contributed by atoms with E-state index in [2.05, 4.69) is 43.1 Å². The SMILES string of the molecule is CCCCCCN(C)c1ccc(CN)cc1. The summed E-state index contributed by atoms with van der Waals surface area (Å²) < 4.78 is 0. The second kappa shape index (κ2) is 7.29. The molecule has 0 saturated heterocycles. The molecule has 0 atom stereocenters. The summed E-state index contributed by atoms with van der Waals surface area (Å²) >= 11 is 0. The zero-order valence-electron chi connectivity index (χ0n) is 10.6. The van der Waals surface area contributed by atoms with Gasteiger partial charge in [-0.25, -0.2) is 0 Å². The number of hydrogen-bond acceptors (Lipinski definition) is 2. The van der Waals surface area contributed by atoms with Crippen LogP contribution in [0.15, 0.2) is 24.3 Å². The number of benzene rings is 1. The Labute approximate surface area is 99.5 Å². The van der Waals surface area contributed by atoms with Crippen molar-refractivity contribution in [1.82, 2.24) is 0 Å². The average Bonchev–Trinajstić information content (AvgIpc) is 2.34. The molecule has 0 amide bonds. The van der Waals surface area contributed by atoms with Crippen LogP contribution in [0.2, 0.25) is 0 Å². The molecule has 0 aliphatic rings. The Balaban J connectivity index is 2.37. The van der Waals surface area contributed by atoms with Crippen molar-refractivity contribution < 1.29 is 0 Å². The minimum atomic E-state index is 0.625. The largest absolute Gasteiger partial charge is 0.375 e. The number of unbranched alkanes of at least 4 members (excludes halogenated alkanes) is 3. The van der Waals surface area contributed by atoms with Gasteiger partial charge < -0.3 is 10.6 Å². The molecule has 2 heteroatoms. The third kappa shape index (κ3) is 4.23. The molecule has 0 saturated carbocycles. The highest BCUT2D eigenvalue weighted by Gasteiger charge is 2.00.